The summed E-state index contributed by atoms with van der Waals surface area (Å²) in [5.41, 5.74) is 2.54. The Morgan fingerprint density at radius 3 is 2.50 bits per heavy atom. The van der Waals surface area contributed by atoms with E-state index in [2.05, 4.69) is 31.1 Å². The van der Waals surface area contributed by atoms with Crippen LogP contribution in [0.4, 0.5) is 5.69 Å². The molecule has 1 amide bonds. The molecule has 1 aromatic heterocycles. The number of halogens is 1. The average Bonchev–Trinajstić information content (AvgIpc) is 2.46. The largest absolute Gasteiger partial charge is 0.322 e. The van der Waals surface area contributed by atoms with Crippen molar-refractivity contribution in [3.05, 3.63) is 65.0 Å². The summed E-state index contributed by atoms with van der Waals surface area (Å²) in [5.74, 6) is -0.180. The normalized spacial score (nSPS) is 11.6. The monoisotopic (exact) mass is 314 g/mol. The number of benzene rings is 1. The summed E-state index contributed by atoms with van der Waals surface area (Å²) >= 11 is 5.82. The minimum absolute atomic E-state index is 0.0557. The van der Waals surface area contributed by atoms with Gasteiger partial charge in [0.15, 0.2) is 0 Å². The number of aromatic nitrogens is 1. The van der Waals surface area contributed by atoms with Crippen LogP contribution in [0.15, 0.2) is 48.7 Å². The van der Waals surface area contributed by atoms with Gasteiger partial charge >= 0.3 is 0 Å². The Labute approximate surface area is 136 Å². The molecule has 0 aliphatic carbocycles. The van der Waals surface area contributed by atoms with E-state index in [0.29, 0.717) is 5.02 Å². The molecule has 0 atom stereocenters. The summed E-state index contributed by atoms with van der Waals surface area (Å²) in [6.07, 6.45) is 4.96. The van der Waals surface area contributed by atoms with E-state index in [4.69, 9.17) is 11.6 Å². The molecule has 0 spiro atoms. The molecule has 0 radical (unpaired) electrons. The summed E-state index contributed by atoms with van der Waals surface area (Å²) in [5, 5.41) is 3.52. The number of carbonyl (C=O) groups excluding carboxylic acids is 1. The molecule has 114 valence electrons. The van der Waals surface area contributed by atoms with Crippen molar-refractivity contribution in [3.8, 4) is 0 Å². The fourth-order valence-corrected chi connectivity index (χ4v) is 1.97. The van der Waals surface area contributed by atoms with E-state index in [0.717, 1.165) is 16.9 Å². The van der Waals surface area contributed by atoms with Gasteiger partial charge in [-0.3, -0.25) is 9.78 Å². The first kappa shape index (κ1) is 16.2. The maximum absolute atomic E-state index is 12.0. The predicted molar refractivity (Wildman–Crippen MR) is 92.1 cm³/mol. The van der Waals surface area contributed by atoms with Gasteiger partial charge in [-0.05, 0) is 35.9 Å². The highest BCUT2D eigenvalue weighted by Crippen LogP contribution is 2.22. The highest BCUT2D eigenvalue weighted by atomic mass is 35.5. The first-order chi connectivity index (χ1) is 10.3. The Morgan fingerprint density at radius 1 is 1.18 bits per heavy atom. The molecule has 0 aliphatic rings. The number of nitrogens with zero attached hydrogens (tertiary/aromatic N) is 1. The second-order valence-corrected chi connectivity index (χ2v) is 6.49. The molecule has 0 saturated heterocycles. The predicted octanol–water partition coefficient (Wildman–Crippen LogP) is 4.68. The maximum Gasteiger partial charge on any atom is 0.248 e. The second-order valence-electron chi connectivity index (χ2n) is 6.05. The van der Waals surface area contributed by atoms with E-state index in [1.165, 1.54) is 6.08 Å². The van der Waals surface area contributed by atoms with Gasteiger partial charge in [-0.15, -0.1) is 0 Å². The molecule has 4 heteroatoms. The van der Waals surface area contributed by atoms with Crippen LogP contribution in [0.3, 0.4) is 0 Å². The number of nitrogens with one attached hydrogen (secondary N) is 1. The number of hydrogen-bond donors (Lipinski definition) is 1. The van der Waals surface area contributed by atoms with Gasteiger partial charge in [0, 0.05) is 34.1 Å². The average molecular weight is 315 g/mol. The molecular formula is C18H19ClN2O. The number of pyridine rings is 1. The topological polar surface area (TPSA) is 42.0 Å². The highest BCUT2D eigenvalue weighted by Gasteiger charge is 2.15. The number of carbonyl (C=O) groups is 1. The molecule has 3 nitrogen and oxygen atoms in total. The second kappa shape index (κ2) is 6.75. The molecule has 0 aliphatic heterocycles. The van der Waals surface area contributed by atoms with Crippen molar-refractivity contribution in [2.24, 2.45) is 0 Å². The molecular weight excluding hydrogens is 296 g/mol. The van der Waals surface area contributed by atoms with Crippen molar-refractivity contribution in [1.29, 1.82) is 0 Å². The molecule has 0 bridgehead atoms. The SMILES string of the molecule is CC(C)(C)c1cc(NC(=O)/C=C/c2ccc(Cl)cc2)ccn1. The van der Waals surface area contributed by atoms with E-state index in [9.17, 15) is 4.79 Å². The lowest BCUT2D eigenvalue weighted by molar-refractivity contribution is -0.111. The van der Waals surface area contributed by atoms with E-state index >= 15 is 0 Å². The quantitative estimate of drug-likeness (QED) is 0.835. The van der Waals surface area contributed by atoms with Crippen LogP contribution in [0.2, 0.25) is 5.02 Å². The Balaban J connectivity index is 2.04. The molecule has 0 fully saturated rings. The van der Waals surface area contributed by atoms with Crippen LogP contribution in [-0.4, -0.2) is 10.9 Å². The molecule has 1 aromatic carbocycles. The minimum atomic E-state index is -0.180. The van der Waals surface area contributed by atoms with Crippen molar-refractivity contribution in [2.45, 2.75) is 26.2 Å². The van der Waals surface area contributed by atoms with Crippen LogP contribution in [0.25, 0.3) is 6.08 Å². The van der Waals surface area contributed by atoms with Gasteiger partial charge in [-0.2, -0.15) is 0 Å². The Kier molecular flexibility index (Phi) is 4.99. The van der Waals surface area contributed by atoms with Crippen molar-refractivity contribution >= 4 is 29.3 Å². The van der Waals surface area contributed by atoms with Gasteiger partial charge in [-0.25, -0.2) is 0 Å². The van der Waals surface area contributed by atoms with E-state index in [1.54, 1.807) is 30.5 Å². The zero-order valence-corrected chi connectivity index (χ0v) is 13.7. The van der Waals surface area contributed by atoms with Gasteiger partial charge in [-0.1, -0.05) is 44.5 Å². The zero-order valence-electron chi connectivity index (χ0n) is 12.9. The molecule has 0 unspecified atom stereocenters. The molecule has 1 heterocycles. The van der Waals surface area contributed by atoms with E-state index in [-0.39, 0.29) is 11.3 Å². The van der Waals surface area contributed by atoms with Crippen molar-refractivity contribution in [2.75, 3.05) is 5.32 Å². The third kappa shape index (κ3) is 4.71. The van der Waals surface area contributed by atoms with Gasteiger partial charge in [0.2, 0.25) is 5.91 Å². The Bertz CT molecular complexity index is 685. The number of anilines is 1. The Hall–Kier alpha value is -2.13. The smallest absolute Gasteiger partial charge is 0.248 e. The minimum Gasteiger partial charge on any atom is -0.322 e. The summed E-state index contributed by atoms with van der Waals surface area (Å²) < 4.78 is 0. The van der Waals surface area contributed by atoms with Crippen LogP contribution in [0.1, 0.15) is 32.0 Å². The third-order valence-electron chi connectivity index (χ3n) is 3.09. The molecule has 0 saturated carbocycles. The van der Waals surface area contributed by atoms with Gasteiger partial charge in [0.1, 0.15) is 0 Å². The molecule has 2 rings (SSSR count). The van der Waals surface area contributed by atoms with Crippen molar-refractivity contribution in [3.63, 3.8) is 0 Å². The highest BCUT2D eigenvalue weighted by molar-refractivity contribution is 6.30. The molecule has 22 heavy (non-hydrogen) atoms. The van der Waals surface area contributed by atoms with Gasteiger partial charge in [0.25, 0.3) is 0 Å². The number of amides is 1. The number of hydrogen-bond acceptors (Lipinski definition) is 2. The fraction of sp³-hybridized carbons (Fsp3) is 0.222. The molecule has 1 N–H and O–H groups in total. The lowest BCUT2D eigenvalue weighted by Crippen LogP contribution is -2.15. The Morgan fingerprint density at radius 2 is 1.86 bits per heavy atom. The summed E-state index contributed by atoms with van der Waals surface area (Å²) in [6, 6.07) is 11.0. The van der Waals surface area contributed by atoms with E-state index < -0.39 is 0 Å². The summed E-state index contributed by atoms with van der Waals surface area (Å²) in [4.78, 5) is 16.3. The maximum atomic E-state index is 12.0. The lowest BCUT2D eigenvalue weighted by atomic mass is 9.91. The van der Waals surface area contributed by atoms with Gasteiger partial charge < -0.3 is 5.32 Å². The number of rotatable bonds is 3. The van der Waals surface area contributed by atoms with Crippen molar-refractivity contribution < 1.29 is 4.79 Å². The first-order valence-electron chi connectivity index (χ1n) is 7.06. The first-order valence-corrected chi connectivity index (χ1v) is 7.43. The van der Waals surface area contributed by atoms with Crippen LogP contribution in [0.5, 0.6) is 0 Å². The van der Waals surface area contributed by atoms with Crippen LogP contribution in [-0.2, 0) is 10.2 Å². The summed E-state index contributed by atoms with van der Waals surface area (Å²) in [7, 11) is 0. The van der Waals surface area contributed by atoms with Crippen LogP contribution in [0, 0.1) is 0 Å². The van der Waals surface area contributed by atoms with Crippen LogP contribution >= 0.6 is 11.6 Å². The molecule has 2 aromatic rings. The summed E-state index contributed by atoms with van der Waals surface area (Å²) in [6.45, 7) is 6.25. The van der Waals surface area contributed by atoms with Crippen LogP contribution < -0.4 is 5.32 Å². The van der Waals surface area contributed by atoms with E-state index in [1.807, 2.05) is 18.2 Å². The lowest BCUT2D eigenvalue weighted by Gasteiger charge is -2.18. The zero-order chi connectivity index (χ0) is 16.2. The van der Waals surface area contributed by atoms with Crippen molar-refractivity contribution in [1.82, 2.24) is 4.98 Å². The standard InChI is InChI=1S/C18H19ClN2O/c1-18(2,3)16-12-15(10-11-20-16)21-17(22)9-6-13-4-7-14(19)8-5-13/h4-12H,1-3H3,(H,20,21,22)/b9-6+. The van der Waals surface area contributed by atoms with Gasteiger partial charge in [0.05, 0.1) is 0 Å². The fourth-order valence-electron chi connectivity index (χ4n) is 1.85. The third-order valence-corrected chi connectivity index (χ3v) is 3.35.